The lowest BCUT2D eigenvalue weighted by Crippen LogP contribution is -2.40. The normalized spacial score (nSPS) is 27.1. The van der Waals surface area contributed by atoms with Crippen molar-refractivity contribution in [1.82, 2.24) is 14.5 Å². The summed E-state index contributed by atoms with van der Waals surface area (Å²) in [5.41, 5.74) is 0. The zero-order chi connectivity index (χ0) is 13.0. The fourth-order valence-corrected chi connectivity index (χ4v) is 4.56. The Balaban J connectivity index is 1.94. The molecule has 2 heterocycles. The summed E-state index contributed by atoms with van der Waals surface area (Å²) >= 11 is 0. The van der Waals surface area contributed by atoms with Gasteiger partial charge >= 0.3 is 0 Å². The molecule has 0 spiro atoms. The van der Waals surface area contributed by atoms with Crippen LogP contribution in [0.1, 0.15) is 25.7 Å². The van der Waals surface area contributed by atoms with Crippen molar-refractivity contribution in [1.29, 1.82) is 0 Å². The largest absolute Gasteiger partial charge is 0.320 e. The highest BCUT2D eigenvalue weighted by Gasteiger charge is 2.33. The highest BCUT2D eigenvalue weighted by molar-refractivity contribution is 7.89. The molecule has 0 aliphatic carbocycles. The van der Waals surface area contributed by atoms with Gasteiger partial charge in [-0.05, 0) is 52.4 Å². The Kier molecular flexibility index (Phi) is 5.00. The molecule has 6 heteroatoms. The fourth-order valence-electron chi connectivity index (χ4n) is 2.99. The summed E-state index contributed by atoms with van der Waals surface area (Å²) in [6.45, 7) is 4.39. The van der Waals surface area contributed by atoms with Crippen LogP contribution in [0.2, 0.25) is 0 Å². The van der Waals surface area contributed by atoms with E-state index in [2.05, 4.69) is 10.2 Å². The van der Waals surface area contributed by atoms with E-state index in [9.17, 15) is 8.42 Å². The third-order valence-corrected chi connectivity index (χ3v) is 5.91. The van der Waals surface area contributed by atoms with Crippen LogP contribution in [0.25, 0.3) is 0 Å². The molecule has 0 bridgehead atoms. The van der Waals surface area contributed by atoms with Gasteiger partial charge < -0.3 is 5.32 Å². The number of nitrogens with zero attached hydrogens (tertiary/aromatic N) is 2. The van der Waals surface area contributed by atoms with E-state index in [4.69, 9.17) is 0 Å². The van der Waals surface area contributed by atoms with E-state index >= 15 is 0 Å². The topological polar surface area (TPSA) is 52.7 Å². The second-order valence-corrected chi connectivity index (χ2v) is 7.41. The zero-order valence-corrected chi connectivity index (χ0v) is 12.1. The molecule has 2 fully saturated rings. The summed E-state index contributed by atoms with van der Waals surface area (Å²) in [6, 6.07) is 0.464. The summed E-state index contributed by atoms with van der Waals surface area (Å²) < 4.78 is 26.3. The molecular weight excluding hydrogens is 250 g/mol. The van der Waals surface area contributed by atoms with Crippen LogP contribution in [0.15, 0.2) is 0 Å². The standard InChI is InChI=1S/C12H25N3O2S/c1-13-6-3-10-18(16,17)15-9-4-8-14-7-2-5-12(14)11-15/h12-13H,2-11H2,1H3. The second kappa shape index (κ2) is 6.32. The molecule has 0 amide bonds. The van der Waals surface area contributed by atoms with E-state index in [-0.39, 0.29) is 5.75 Å². The van der Waals surface area contributed by atoms with Crippen molar-refractivity contribution >= 4 is 10.0 Å². The van der Waals surface area contributed by atoms with Gasteiger partial charge in [0.05, 0.1) is 5.75 Å². The molecule has 1 N–H and O–H groups in total. The van der Waals surface area contributed by atoms with Gasteiger partial charge in [0.2, 0.25) is 10.0 Å². The van der Waals surface area contributed by atoms with E-state index in [1.165, 1.54) is 6.42 Å². The summed E-state index contributed by atoms with van der Waals surface area (Å²) in [4.78, 5) is 2.46. The number of fused-ring (bicyclic) bond motifs is 1. The predicted molar refractivity (Wildman–Crippen MR) is 73.1 cm³/mol. The van der Waals surface area contributed by atoms with Gasteiger partial charge in [0.1, 0.15) is 0 Å². The lowest BCUT2D eigenvalue weighted by Gasteiger charge is -2.25. The first kappa shape index (κ1) is 14.2. The number of hydrogen-bond acceptors (Lipinski definition) is 4. The zero-order valence-electron chi connectivity index (χ0n) is 11.3. The smallest absolute Gasteiger partial charge is 0.214 e. The lowest BCUT2D eigenvalue weighted by atomic mass is 10.2. The minimum Gasteiger partial charge on any atom is -0.320 e. The molecule has 1 unspecified atom stereocenters. The molecule has 1 atom stereocenters. The van der Waals surface area contributed by atoms with Crippen LogP contribution in [0, 0.1) is 0 Å². The Morgan fingerprint density at radius 2 is 2.00 bits per heavy atom. The van der Waals surface area contributed by atoms with Crippen molar-refractivity contribution in [3.05, 3.63) is 0 Å². The molecule has 0 aromatic heterocycles. The molecule has 0 saturated carbocycles. The monoisotopic (exact) mass is 275 g/mol. The maximum atomic E-state index is 12.3. The minimum absolute atomic E-state index is 0.278. The Bertz CT molecular complexity index is 358. The van der Waals surface area contributed by atoms with Gasteiger partial charge in [-0.2, -0.15) is 0 Å². The molecule has 0 aromatic carbocycles. The predicted octanol–water partition coefficient (Wildman–Crippen LogP) is 0.0958. The minimum atomic E-state index is -3.05. The summed E-state index contributed by atoms with van der Waals surface area (Å²) in [7, 11) is -1.19. The van der Waals surface area contributed by atoms with Crippen LogP contribution in [-0.4, -0.2) is 69.2 Å². The van der Waals surface area contributed by atoms with E-state index in [0.717, 1.165) is 32.5 Å². The fraction of sp³-hybridized carbons (Fsp3) is 1.00. The summed E-state index contributed by atoms with van der Waals surface area (Å²) in [6.07, 6.45) is 4.05. The number of rotatable bonds is 5. The van der Waals surface area contributed by atoms with Crippen molar-refractivity contribution in [2.45, 2.75) is 31.7 Å². The van der Waals surface area contributed by atoms with Gasteiger partial charge in [0.15, 0.2) is 0 Å². The highest BCUT2D eigenvalue weighted by atomic mass is 32.2. The number of nitrogens with one attached hydrogen (secondary N) is 1. The quantitative estimate of drug-likeness (QED) is 0.723. The Hall–Kier alpha value is -0.170. The Labute approximate surface area is 111 Å². The first-order valence-corrected chi connectivity index (χ1v) is 8.61. The van der Waals surface area contributed by atoms with Crippen LogP contribution in [0.4, 0.5) is 0 Å². The third-order valence-electron chi connectivity index (χ3n) is 3.99. The van der Waals surface area contributed by atoms with Crippen molar-refractivity contribution in [2.24, 2.45) is 0 Å². The van der Waals surface area contributed by atoms with Gasteiger partial charge in [-0.3, -0.25) is 4.90 Å². The molecule has 2 saturated heterocycles. The van der Waals surface area contributed by atoms with Crippen molar-refractivity contribution in [3.63, 3.8) is 0 Å². The molecule has 0 aromatic rings. The van der Waals surface area contributed by atoms with Crippen LogP contribution in [0.5, 0.6) is 0 Å². The van der Waals surface area contributed by atoms with Crippen molar-refractivity contribution < 1.29 is 8.42 Å². The molecule has 2 aliphatic heterocycles. The Morgan fingerprint density at radius 1 is 1.22 bits per heavy atom. The van der Waals surface area contributed by atoms with Crippen molar-refractivity contribution in [3.8, 4) is 0 Å². The van der Waals surface area contributed by atoms with Crippen LogP contribution in [0.3, 0.4) is 0 Å². The molecule has 5 nitrogen and oxygen atoms in total. The Morgan fingerprint density at radius 3 is 2.78 bits per heavy atom. The summed E-state index contributed by atoms with van der Waals surface area (Å²) in [5.74, 6) is 0.278. The molecule has 0 radical (unpaired) electrons. The van der Waals surface area contributed by atoms with Crippen LogP contribution < -0.4 is 5.32 Å². The first-order valence-electron chi connectivity index (χ1n) is 7.00. The average Bonchev–Trinajstić information content (AvgIpc) is 2.66. The van der Waals surface area contributed by atoms with Crippen LogP contribution in [-0.2, 0) is 10.0 Å². The maximum Gasteiger partial charge on any atom is 0.214 e. The van der Waals surface area contributed by atoms with Crippen LogP contribution >= 0.6 is 0 Å². The van der Waals surface area contributed by atoms with Gasteiger partial charge in [-0.25, -0.2) is 12.7 Å². The van der Waals surface area contributed by atoms with E-state index < -0.39 is 10.0 Å². The van der Waals surface area contributed by atoms with E-state index in [0.29, 0.717) is 25.6 Å². The molecule has 18 heavy (non-hydrogen) atoms. The van der Waals surface area contributed by atoms with Gasteiger partial charge in [0.25, 0.3) is 0 Å². The molecule has 106 valence electrons. The summed E-state index contributed by atoms with van der Waals surface area (Å²) in [5, 5.41) is 3.00. The number of hydrogen-bond donors (Lipinski definition) is 1. The molecular formula is C12H25N3O2S. The molecule has 2 aliphatic rings. The van der Waals surface area contributed by atoms with Crippen molar-refractivity contribution in [2.75, 3.05) is 45.5 Å². The maximum absolute atomic E-state index is 12.3. The highest BCUT2D eigenvalue weighted by Crippen LogP contribution is 2.22. The van der Waals surface area contributed by atoms with Gasteiger partial charge in [-0.1, -0.05) is 0 Å². The number of sulfonamides is 1. The van der Waals surface area contributed by atoms with E-state index in [1.807, 2.05) is 7.05 Å². The second-order valence-electron chi connectivity index (χ2n) is 5.32. The molecule has 2 rings (SSSR count). The van der Waals surface area contributed by atoms with Gasteiger partial charge in [0, 0.05) is 19.1 Å². The first-order chi connectivity index (χ1) is 8.63. The lowest BCUT2D eigenvalue weighted by molar-refractivity contribution is 0.257. The SMILES string of the molecule is CNCCCS(=O)(=O)N1CCCN2CCCC2C1. The third kappa shape index (κ3) is 3.44. The van der Waals surface area contributed by atoms with E-state index in [1.54, 1.807) is 4.31 Å². The average molecular weight is 275 g/mol. The van der Waals surface area contributed by atoms with Gasteiger partial charge in [-0.15, -0.1) is 0 Å².